The number of rotatable bonds is 4. The molecule has 0 radical (unpaired) electrons. The molecule has 4 aliphatic carbocycles. The highest BCUT2D eigenvalue weighted by Gasteiger charge is 2.55. The summed E-state index contributed by atoms with van der Waals surface area (Å²) >= 11 is 1.39. The smallest absolute Gasteiger partial charge is 0.271 e. The zero-order chi connectivity index (χ0) is 19.5. The molecule has 2 N–H and O–H groups in total. The average molecular weight is 397 g/mol. The van der Waals surface area contributed by atoms with Gasteiger partial charge < -0.3 is 10.4 Å². The van der Waals surface area contributed by atoms with Gasteiger partial charge in [-0.3, -0.25) is 9.59 Å². The van der Waals surface area contributed by atoms with Crippen molar-refractivity contribution in [1.29, 1.82) is 0 Å². The van der Waals surface area contributed by atoms with E-state index in [0.717, 1.165) is 37.7 Å². The van der Waals surface area contributed by atoms with Crippen LogP contribution in [0.15, 0.2) is 29.6 Å². The summed E-state index contributed by atoms with van der Waals surface area (Å²) in [5.41, 5.74) is 1.31. The van der Waals surface area contributed by atoms with E-state index < -0.39 is 5.60 Å². The lowest BCUT2D eigenvalue weighted by Gasteiger charge is -2.58. The summed E-state index contributed by atoms with van der Waals surface area (Å²) in [6.07, 6.45) is 4.76. The van der Waals surface area contributed by atoms with E-state index >= 15 is 0 Å². The van der Waals surface area contributed by atoms with Gasteiger partial charge in [0.1, 0.15) is 10.7 Å². The molecule has 2 aromatic rings. The molecular weight excluding hydrogens is 372 g/mol. The largest absolute Gasteiger partial charge is 0.390 e. The highest BCUT2D eigenvalue weighted by Crippen LogP contribution is 2.55. The molecule has 1 aromatic carbocycles. The summed E-state index contributed by atoms with van der Waals surface area (Å²) in [5, 5.41) is 16.4. The Kier molecular flexibility index (Phi) is 4.18. The lowest BCUT2D eigenvalue weighted by molar-refractivity contribution is -0.136. The Hall–Kier alpha value is -2.05. The average Bonchev–Trinajstić information content (AvgIpc) is 3.13. The number of aromatic nitrogens is 1. The molecule has 0 saturated heterocycles. The molecule has 0 aliphatic heterocycles. The van der Waals surface area contributed by atoms with Crippen molar-refractivity contribution in [3.63, 3.8) is 0 Å². The van der Waals surface area contributed by atoms with E-state index in [-0.39, 0.29) is 17.7 Å². The lowest BCUT2D eigenvalue weighted by atomic mass is 9.52. The predicted octanol–water partition coefficient (Wildman–Crippen LogP) is 3.68. The van der Waals surface area contributed by atoms with Crippen molar-refractivity contribution in [3.05, 3.63) is 40.9 Å². The first kappa shape index (κ1) is 18.0. The summed E-state index contributed by atoms with van der Waals surface area (Å²) < 4.78 is 0. The van der Waals surface area contributed by atoms with Crippen molar-refractivity contribution in [2.45, 2.75) is 50.7 Å². The molecule has 4 bridgehead atoms. The summed E-state index contributed by atoms with van der Waals surface area (Å²) in [7, 11) is 0. The molecule has 4 saturated carbocycles. The van der Waals surface area contributed by atoms with Crippen LogP contribution in [0.3, 0.4) is 0 Å². The number of benzene rings is 1. The normalized spacial score (nSPS) is 33.1. The molecule has 6 rings (SSSR count). The fourth-order valence-electron chi connectivity index (χ4n) is 5.92. The molecule has 4 aliphatic rings. The van der Waals surface area contributed by atoms with Crippen LogP contribution < -0.4 is 5.32 Å². The van der Waals surface area contributed by atoms with Crippen molar-refractivity contribution in [2.75, 3.05) is 0 Å². The first-order chi connectivity index (χ1) is 13.4. The Morgan fingerprint density at radius 2 is 1.89 bits per heavy atom. The number of ketones is 1. The fraction of sp³-hybridized carbons (Fsp3) is 0.500. The van der Waals surface area contributed by atoms with E-state index in [2.05, 4.69) is 10.3 Å². The molecule has 4 fully saturated rings. The van der Waals surface area contributed by atoms with Crippen LogP contribution in [0, 0.1) is 17.8 Å². The van der Waals surface area contributed by atoms with Crippen LogP contribution in [-0.4, -0.2) is 33.4 Å². The van der Waals surface area contributed by atoms with Crippen LogP contribution in [0.2, 0.25) is 0 Å². The third-order valence-electron chi connectivity index (χ3n) is 6.81. The number of hydrogen-bond acceptors (Lipinski definition) is 5. The van der Waals surface area contributed by atoms with Crippen molar-refractivity contribution < 1.29 is 14.7 Å². The van der Waals surface area contributed by atoms with Gasteiger partial charge in [-0.2, -0.15) is 0 Å². The molecule has 146 valence electrons. The summed E-state index contributed by atoms with van der Waals surface area (Å²) in [5.74, 6) is 1.20. The van der Waals surface area contributed by atoms with Gasteiger partial charge in [-0.05, 0) is 56.8 Å². The second kappa shape index (κ2) is 6.49. The SMILES string of the molecule is CC(=O)c1ccccc1-c1nc(C(=O)NC2C3CC4CC2CC(O)(C4)C3)cs1. The lowest BCUT2D eigenvalue weighted by Crippen LogP contribution is -2.61. The van der Waals surface area contributed by atoms with E-state index in [1.165, 1.54) is 11.3 Å². The molecule has 2 unspecified atom stereocenters. The zero-order valence-corrected chi connectivity index (χ0v) is 16.7. The van der Waals surface area contributed by atoms with Gasteiger partial charge in [0.2, 0.25) is 0 Å². The Morgan fingerprint density at radius 3 is 2.57 bits per heavy atom. The van der Waals surface area contributed by atoms with Crippen LogP contribution >= 0.6 is 11.3 Å². The van der Waals surface area contributed by atoms with Crippen LogP contribution in [0.1, 0.15) is 59.9 Å². The molecule has 6 heteroatoms. The highest BCUT2D eigenvalue weighted by atomic mass is 32.1. The summed E-state index contributed by atoms with van der Waals surface area (Å²) in [6, 6.07) is 7.51. The number of Topliss-reactive ketones (excluding diaryl/α,β-unsaturated/α-hetero) is 1. The van der Waals surface area contributed by atoms with Gasteiger partial charge in [-0.15, -0.1) is 11.3 Å². The number of amides is 1. The van der Waals surface area contributed by atoms with Crippen molar-refractivity contribution >= 4 is 23.0 Å². The van der Waals surface area contributed by atoms with E-state index in [1.807, 2.05) is 18.2 Å². The number of thiazole rings is 1. The second-order valence-corrected chi connectivity index (χ2v) is 9.69. The van der Waals surface area contributed by atoms with Crippen LogP contribution in [0.5, 0.6) is 0 Å². The van der Waals surface area contributed by atoms with Crippen LogP contribution in [0.4, 0.5) is 0 Å². The number of hydrogen-bond donors (Lipinski definition) is 2. The quantitative estimate of drug-likeness (QED) is 0.773. The minimum Gasteiger partial charge on any atom is -0.390 e. The monoisotopic (exact) mass is 396 g/mol. The Bertz CT molecular complexity index is 937. The summed E-state index contributed by atoms with van der Waals surface area (Å²) in [6.45, 7) is 1.54. The maximum atomic E-state index is 12.9. The number of nitrogens with zero attached hydrogens (tertiary/aromatic N) is 1. The summed E-state index contributed by atoms with van der Waals surface area (Å²) in [4.78, 5) is 29.3. The Morgan fingerprint density at radius 1 is 1.18 bits per heavy atom. The molecule has 2 atom stereocenters. The number of carbonyl (C=O) groups excluding carboxylic acids is 2. The molecule has 0 spiro atoms. The molecule has 1 aromatic heterocycles. The van der Waals surface area contributed by atoms with E-state index in [1.54, 1.807) is 18.4 Å². The maximum Gasteiger partial charge on any atom is 0.271 e. The number of carbonyl (C=O) groups is 2. The van der Waals surface area contributed by atoms with Gasteiger partial charge >= 0.3 is 0 Å². The third kappa shape index (κ3) is 2.99. The standard InChI is InChI=1S/C22H24N2O3S/c1-12(25)16-4-2-3-5-17(16)21-23-18(11-28-21)20(26)24-19-14-6-13-7-15(19)10-22(27,8-13)9-14/h2-5,11,13-15,19,27H,6-10H2,1H3,(H,24,26). The number of aliphatic hydroxyl groups is 1. The van der Waals surface area contributed by atoms with Gasteiger partial charge in [0.15, 0.2) is 5.78 Å². The van der Waals surface area contributed by atoms with Crippen molar-refractivity contribution in [2.24, 2.45) is 17.8 Å². The molecule has 28 heavy (non-hydrogen) atoms. The van der Waals surface area contributed by atoms with Crippen molar-refractivity contribution in [3.8, 4) is 10.6 Å². The predicted molar refractivity (Wildman–Crippen MR) is 107 cm³/mol. The van der Waals surface area contributed by atoms with Crippen molar-refractivity contribution in [1.82, 2.24) is 10.3 Å². The Balaban J connectivity index is 1.35. The molecule has 1 heterocycles. The highest BCUT2D eigenvalue weighted by molar-refractivity contribution is 7.13. The fourth-order valence-corrected chi connectivity index (χ4v) is 6.76. The van der Waals surface area contributed by atoms with Gasteiger partial charge in [-0.1, -0.05) is 24.3 Å². The van der Waals surface area contributed by atoms with E-state index in [0.29, 0.717) is 34.0 Å². The van der Waals surface area contributed by atoms with Gasteiger partial charge in [0.25, 0.3) is 5.91 Å². The molecule has 1 amide bonds. The topological polar surface area (TPSA) is 79.3 Å². The van der Waals surface area contributed by atoms with Gasteiger partial charge in [-0.25, -0.2) is 4.98 Å². The Labute approximate surface area is 168 Å². The van der Waals surface area contributed by atoms with Gasteiger partial charge in [0, 0.05) is 22.5 Å². The molecule has 5 nitrogen and oxygen atoms in total. The third-order valence-corrected chi connectivity index (χ3v) is 7.69. The first-order valence-corrected chi connectivity index (χ1v) is 10.9. The zero-order valence-electron chi connectivity index (χ0n) is 15.9. The van der Waals surface area contributed by atoms with Crippen LogP contribution in [0.25, 0.3) is 10.6 Å². The van der Waals surface area contributed by atoms with Crippen LogP contribution in [-0.2, 0) is 0 Å². The second-order valence-electron chi connectivity index (χ2n) is 8.83. The maximum absolute atomic E-state index is 12.9. The number of nitrogens with one attached hydrogen (secondary N) is 1. The van der Waals surface area contributed by atoms with E-state index in [9.17, 15) is 14.7 Å². The minimum absolute atomic E-state index is 0.0108. The minimum atomic E-state index is -0.498. The van der Waals surface area contributed by atoms with E-state index in [4.69, 9.17) is 0 Å². The first-order valence-electron chi connectivity index (χ1n) is 10.0. The van der Waals surface area contributed by atoms with Gasteiger partial charge in [0.05, 0.1) is 5.60 Å². The molecular formula is C22H24N2O3S.